The van der Waals surface area contributed by atoms with Crippen molar-refractivity contribution in [2.24, 2.45) is 0 Å². The second kappa shape index (κ2) is 4.04. The lowest BCUT2D eigenvalue weighted by Crippen LogP contribution is -2.02. The van der Waals surface area contributed by atoms with Crippen LogP contribution in [0.2, 0.25) is 0 Å². The van der Waals surface area contributed by atoms with Crippen LogP contribution in [0.4, 0.5) is 10.1 Å². The van der Waals surface area contributed by atoms with Crippen LogP contribution in [0.3, 0.4) is 0 Å². The van der Waals surface area contributed by atoms with Crippen LogP contribution in [-0.4, -0.2) is 17.8 Å². The second-order valence-electron chi connectivity index (χ2n) is 2.82. The molecule has 0 aromatic heterocycles. The summed E-state index contributed by atoms with van der Waals surface area (Å²) in [5, 5.41) is 10.4. The van der Waals surface area contributed by atoms with Gasteiger partial charge in [-0.2, -0.15) is 0 Å². The number of non-ortho nitro benzene ring substituents is 1. The molecule has 0 amide bonds. The van der Waals surface area contributed by atoms with Gasteiger partial charge in [0.05, 0.1) is 23.7 Å². The highest BCUT2D eigenvalue weighted by Crippen LogP contribution is 2.28. The van der Waals surface area contributed by atoms with E-state index in [1.54, 1.807) is 0 Å². The standard InChI is InChI=1S/C9H8FNO4/c1-5(12)7-3-6(11(13)14)4-8(10)9(7)15-2/h3-4H,1-2H3. The van der Waals surface area contributed by atoms with E-state index in [9.17, 15) is 19.3 Å². The van der Waals surface area contributed by atoms with Crippen LogP contribution >= 0.6 is 0 Å². The van der Waals surface area contributed by atoms with Crippen LogP contribution in [-0.2, 0) is 0 Å². The summed E-state index contributed by atoms with van der Waals surface area (Å²) in [7, 11) is 1.19. The molecule has 80 valence electrons. The Morgan fingerprint density at radius 2 is 2.13 bits per heavy atom. The van der Waals surface area contributed by atoms with Crippen molar-refractivity contribution in [1.29, 1.82) is 0 Å². The largest absolute Gasteiger partial charge is 0.493 e. The van der Waals surface area contributed by atoms with E-state index in [-0.39, 0.29) is 11.3 Å². The summed E-state index contributed by atoms with van der Waals surface area (Å²) in [6, 6.07) is 1.70. The summed E-state index contributed by atoms with van der Waals surface area (Å²) in [6.45, 7) is 1.18. The molecule has 0 radical (unpaired) electrons. The number of rotatable bonds is 3. The molecule has 1 aromatic carbocycles. The first kappa shape index (κ1) is 11.1. The third-order valence-electron chi connectivity index (χ3n) is 1.82. The Labute approximate surface area is 84.6 Å². The number of nitrogens with zero attached hydrogens (tertiary/aromatic N) is 1. The number of methoxy groups -OCH3 is 1. The highest BCUT2D eigenvalue weighted by atomic mass is 19.1. The Morgan fingerprint density at radius 3 is 2.53 bits per heavy atom. The monoisotopic (exact) mass is 213 g/mol. The van der Waals surface area contributed by atoms with E-state index in [1.165, 1.54) is 14.0 Å². The molecule has 0 saturated heterocycles. The molecule has 0 atom stereocenters. The minimum Gasteiger partial charge on any atom is -0.493 e. The highest BCUT2D eigenvalue weighted by Gasteiger charge is 2.19. The molecule has 0 N–H and O–H groups in total. The molecule has 0 unspecified atom stereocenters. The molecule has 0 aliphatic heterocycles. The Kier molecular flexibility index (Phi) is 2.99. The Balaban J connectivity index is 3.45. The zero-order chi connectivity index (χ0) is 11.6. The molecule has 0 saturated carbocycles. The lowest BCUT2D eigenvalue weighted by atomic mass is 10.1. The topological polar surface area (TPSA) is 69.4 Å². The maximum atomic E-state index is 13.2. The summed E-state index contributed by atoms with van der Waals surface area (Å²) in [5.74, 6) is -1.68. The molecule has 0 aliphatic rings. The van der Waals surface area contributed by atoms with Crippen molar-refractivity contribution in [3.63, 3.8) is 0 Å². The van der Waals surface area contributed by atoms with Crippen LogP contribution in [0.25, 0.3) is 0 Å². The number of carbonyl (C=O) groups excluding carboxylic acids is 1. The van der Waals surface area contributed by atoms with Crippen LogP contribution in [0.1, 0.15) is 17.3 Å². The number of hydrogen-bond donors (Lipinski definition) is 0. The van der Waals surface area contributed by atoms with E-state index in [4.69, 9.17) is 0 Å². The second-order valence-corrected chi connectivity index (χ2v) is 2.82. The third-order valence-corrected chi connectivity index (χ3v) is 1.82. The molecular formula is C9H8FNO4. The van der Waals surface area contributed by atoms with Crippen LogP contribution < -0.4 is 4.74 Å². The predicted octanol–water partition coefficient (Wildman–Crippen LogP) is 1.95. The minimum absolute atomic E-state index is 0.135. The first-order chi connectivity index (χ1) is 6.97. The van der Waals surface area contributed by atoms with E-state index in [2.05, 4.69) is 4.74 Å². The minimum atomic E-state index is -0.920. The number of ether oxygens (including phenoxy) is 1. The van der Waals surface area contributed by atoms with Crippen molar-refractivity contribution in [1.82, 2.24) is 0 Å². The van der Waals surface area contributed by atoms with Gasteiger partial charge >= 0.3 is 0 Å². The van der Waals surface area contributed by atoms with Crippen molar-refractivity contribution in [2.45, 2.75) is 6.92 Å². The molecule has 0 aliphatic carbocycles. The smallest absolute Gasteiger partial charge is 0.273 e. The first-order valence-electron chi connectivity index (χ1n) is 4.00. The van der Waals surface area contributed by atoms with Gasteiger partial charge in [0.15, 0.2) is 17.3 Å². The van der Waals surface area contributed by atoms with Gasteiger partial charge in [-0.3, -0.25) is 14.9 Å². The number of Topliss-reactive ketones (excluding diaryl/α,β-unsaturated/α-hetero) is 1. The van der Waals surface area contributed by atoms with Crippen LogP contribution in [0.15, 0.2) is 12.1 Å². The van der Waals surface area contributed by atoms with Crippen molar-refractivity contribution in [2.75, 3.05) is 7.11 Å². The van der Waals surface area contributed by atoms with Crippen LogP contribution in [0, 0.1) is 15.9 Å². The Hall–Kier alpha value is -1.98. The molecule has 15 heavy (non-hydrogen) atoms. The zero-order valence-corrected chi connectivity index (χ0v) is 8.11. The van der Waals surface area contributed by atoms with E-state index >= 15 is 0 Å². The molecular weight excluding hydrogens is 205 g/mol. The lowest BCUT2D eigenvalue weighted by Gasteiger charge is -2.06. The maximum absolute atomic E-state index is 13.2. The van der Waals surface area contributed by atoms with Crippen molar-refractivity contribution in [3.8, 4) is 5.75 Å². The SMILES string of the molecule is COc1c(F)cc([N+](=O)[O-])cc1C(C)=O. The highest BCUT2D eigenvalue weighted by molar-refractivity contribution is 5.97. The lowest BCUT2D eigenvalue weighted by molar-refractivity contribution is -0.385. The fourth-order valence-corrected chi connectivity index (χ4v) is 1.15. The molecule has 0 spiro atoms. The summed E-state index contributed by atoms with van der Waals surface area (Å²) < 4.78 is 17.9. The van der Waals surface area contributed by atoms with Gasteiger partial charge in [0.25, 0.3) is 5.69 Å². The number of halogens is 1. The molecule has 6 heteroatoms. The van der Waals surface area contributed by atoms with Gasteiger partial charge in [0.1, 0.15) is 0 Å². The van der Waals surface area contributed by atoms with E-state index in [1.807, 2.05) is 0 Å². The van der Waals surface area contributed by atoms with Gasteiger partial charge < -0.3 is 4.74 Å². The van der Waals surface area contributed by atoms with Gasteiger partial charge in [0.2, 0.25) is 0 Å². The molecule has 0 bridgehead atoms. The van der Waals surface area contributed by atoms with Crippen molar-refractivity contribution >= 4 is 11.5 Å². The van der Waals surface area contributed by atoms with Gasteiger partial charge in [-0.25, -0.2) is 4.39 Å². The summed E-state index contributed by atoms with van der Waals surface area (Å²) >= 11 is 0. The molecule has 5 nitrogen and oxygen atoms in total. The van der Waals surface area contributed by atoms with Crippen molar-refractivity contribution < 1.29 is 18.8 Å². The van der Waals surface area contributed by atoms with E-state index < -0.39 is 22.2 Å². The first-order valence-corrected chi connectivity index (χ1v) is 4.00. The quantitative estimate of drug-likeness (QED) is 0.437. The number of nitro groups is 1. The number of carbonyl (C=O) groups is 1. The third kappa shape index (κ3) is 2.09. The summed E-state index contributed by atoms with van der Waals surface area (Å²) in [4.78, 5) is 20.7. The summed E-state index contributed by atoms with van der Waals surface area (Å²) in [6.07, 6.45) is 0. The van der Waals surface area contributed by atoms with Crippen molar-refractivity contribution in [3.05, 3.63) is 33.6 Å². The normalized spacial score (nSPS) is 9.80. The maximum Gasteiger partial charge on any atom is 0.273 e. The number of hydrogen-bond acceptors (Lipinski definition) is 4. The average molecular weight is 213 g/mol. The molecule has 1 rings (SSSR count). The predicted molar refractivity (Wildman–Crippen MR) is 49.6 cm³/mol. The Morgan fingerprint density at radius 1 is 1.53 bits per heavy atom. The number of nitro benzene ring substituents is 1. The van der Waals surface area contributed by atoms with Gasteiger partial charge in [-0.15, -0.1) is 0 Å². The number of ketones is 1. The number of benzene rings is 1. The van der Waals surface area contributed by atoms with Gasteiger partial charge in [0, 0.05) is 6.07 Å². The van der Waals surface area contributed by atoms with E-state index in [0.29, 0.717) is 6.07 Å². The van der Waals surface area contributed by atoms with E-state index in [0.717, 1.165) is 6.07 Å². The summed E-state index contributed by atoms with van der Waals surface area (Å²) in [5.41, 5.74) is -0.609. The van der Waals surface area contributed by atoms with Gasteiger partial charge in [-0.05, 0) is 6.92 Å². The average Bonchev–Trinajstić information content (AvgIpc) is 2.16. The van der Waals surface area contributed by atoms with Crippen LogP contribution in [0.5, 0.6) is 5.75 Å². The zero-order valence-electron chi connectivity index (χ0n) is 8.11. The van der Waals surface area contributed by atoms with Gasteiger partial charge in [-0.1, -0.05) is 0 Å². The Bertz CT molecular complexity index is 430. The molecule has 1 aromatic rings. The fraction of sp³-hybridized carbons (Fsp3) is 0.222. The molecule has 0 fully saturated rings. The fourth-order valence-electron chi connectivity index (χ4n) is 1.15. The molecule has 0 heterocycles.